The summed E-state index contributed by atoms with van der Waals surface area (Å²) in [5.41, 5.74) is 0.986. The van der Waals surface area contributed by atoms with E-state index >= 15 is 0 Å². The number of pyridine rings is 1. The van der Waals surface area contributed by atoms with Crippen LogP contribution in [0.25, 0.3) is 0 Å². The first kappa shape index (κ1) is 20.4. The summed E-state index contributed by atoms with van der Waals surface area (Å²) in [6.45, 7) is 6.88. The van der Waals surface area contributed by atoms with Gasteiger partial charge in [-0.3, -0.25) is 9.78 Å². The summed E-state index contributed by atoms with van der Waals surface area (Å²) < 4.78 is 5.50. The third kappa shape index (κ3) is 7.48. The molecule has 0 radical (unpaired) electrons. The lowest BCUT2D eigenvalue weighted by Gasteiger charge is -2.27. The van der Waals surface area contributed by atoms with Gasteiger partial charge in [-0.05, 0) is 51.0 Å². The molecular formula is C21H27N3O3. The highest BCUT2D eigenvalue weighted by Crippen LogP contribution is 2.12. The molecule has 0 aliphatic rings. The number of ether oxygens (including phenoxy) is 1. The van der Waals surface area contributed by atoms with Gasteiger partial charge in [0.15, 0.2) is 0 Å². The minimum Gasteiger partial charge on any atom is -0.444 e. The Kier molecular flexibility index (Phi) is 7.34. The van der Waals surface area contributed by atoms with E-state index in [0.717, 1.165) is 5.56 Å². The Bertz CT molecular complexity index is 727. The minimum atomic E-state index is -0.564. The van der Waals surface area contributed by atoms with Crippen molar-refractivity contribution in [1.82, 2.24) is 15.2 Å². The first-order chi connectivity index (χ1) is 12.8. The van der Waals surface area contributed by atoms with Crippen LogP contribution in [0, 0.1) is 0 Å². The molecule has 1 aromatic carbocycles. The summed E-state index contributed by atoms with van der Waals surface area (Å²) in [5, 5.41) is 2.88. The van der Waals surface area contributed by atoms with Crippen LogP contribution in [0.4, 0.5) is 4.79 Å². The number of hydrogen-bond acceptors (Lipinski definition) is 4. The number of aromatic nitrogens is 1. The van der Waals surface area contributed by atoms with Gasteiger partial charge in [-0.1, -0.05) is 24.3 Å². The van der Waals surface area contributed by atoms with E-state index in [2.05, 4.69) is 10.3 Å². The van der Waals surface area contributed by atoms with Crippen LogP contribution in [0.2, 0.25) is 0 Å². The van der Waals surface area contributed by atoms with Crippen molar-refractivity contribution in [2.75, 3.05) is 13.1 Å². The third-order valence-corrected chi connectivity index (χ3v) is 3.67. The molecule has 144 valence electrons. The molecule has 0 aliphatic heterocycles. The molecule has 0 bridgehead atoms. The quantitative estimate of drug-likeness (QED) is 0.757. The standard InChI is InChI=1S/C21H27N3O3/c1-21(2,3)27-20(26)24(16-17-9-7-12-22-15-17)14-8-13-23-19(25)18-10-5-4-6-11-18/h4-7,9-12,15H,8,13-14,16H2,1-3H3,(H,23,25). The number of benzene rings is 1. The highest BCUT2D eigenvalue weighted by molar-refractivity contribution is 5.94. The van der Waals surface area contributed by atoms with Gasteiger partial charge >= 0.3 is 6.09 Å². The molecule has 2 rings (SSSR count). The fourth-order valence-corrected chi connectivity index (χ4v) is 2.44. The SMILES string of the molecule is CC(C)(C)OC(=O)N(CCCNC(=O)c1ccccc1)Cc1cccnc1. The van der Waals surface area contributed by atoms with Gasteiger partial charge in [0.2, 0.25) is 0 Å². The maximum Gasteiger partial charge on any atom is 0.410 e. The molecular weight excluding hydrogens is 342 g/mol. The molecule has 0 fully saturated rings. The number of nitrogens with zero attached hydrogens (tertiary/aromatic N) is 2. The zero-order chi connectivity index (χ0) is 19.7. The van der Waals surface area contributed by atoms with E-state index in [1.807, 2.05) is 51.1 Å². The monoisotopic (exact) mass is 369 g/mol. The van der Waals surface area contributed by atoms with Gasteiger partial charge in [0.05, 0.1) is 6.54 Å². The van der Waals surface area contributed by atoms with Gasteiger partial charge in [-0.2, -0.15) is 0 Å². The molecule has 0 spiro atoms. The number of carbonyl (C=O) groups is 2. The first-order valence-corrected chi connectivity index (χ1v) is 9.05. The molecule has 2 amide bonds. The van der Waals surface area contributed by atoms with E-state index in [4.69, 9.17) is 4.74 Å². The largest absolute Gasteiger partial charge is 0.444 e. The lowest BCUT2D eigenvalue weighted by molar-refractivity contribution is 0.0232. The van der Waals surface area contributed by atoms with Crippen LogP contribution in [-0.4, -0.2) is 40.6 Å². The van der Waals surface area contributed by atoms with Crippen LogP contribution < -0.4 is 5.32 Å². The summed E-state index contributed by atoms with van der Waals surface area (Å²) in [4.78, 5) is 30.3. The predicted molar refractivity (Wildman–Crippen MR) is 104 cm³/mol. The molecule has 27 heavy (non-hydrogen) atoms. The summed E-state index contributed by atoms with van der Waals surface area (Å²) in [6.07, 6.45) is 3.67. The molecule has 0 atom stereocenters. The van der Waals surface area contributed by atoms with Crippen LogP contribution in [0.3, 0.4) is 0 Å². The van der Waals surface area contributed by atoms with Crippen LogP contribution >= 0.6 is 0 Å². The summed E-state index contributed by atoms with van der Waals surface area (Å²) in [5.74, 6) is -0.119. The van der Waals surface area contributed by atoms with Crippen LogP contribution in [-0.2, 0) is 11.3 Å². The number of rotatable bonds is 7. The maximum absolute atomic E-state index is 12.5. The highest BCUT2D eigenvalue weighted by Gasteiger charge is 2.22. The van der Waals surface area contributed by atoms with Gasteiger partial charge in [0.1, 0.15) is 5.60 Å². The Balaban J connectivity index is 1.89. The van der Waals surface area contributed by atoms with E-state index in [-0.39, 0.29) is 12.0 Å². The molecule has 6 heteroatoms. The fourth-order valence-electron chi connectivity index (χ4n) is 2.44. The molecule has 0 aliphatic carbocycles. The van der Waals surface area contributed by atoms with E-state index in [0.29, 0.717) is 31.6 Å². The second-order valence-electron chi connectivity index (χ2n) is 7.24. The van der Waals surface area contributed by atoms with Crippen molar-refractivity contribution in [2.24, 2.45) is 0 Å². The molecule has 0 saturated heterocycles. The summed E-state index contributed by atoms with van der Waals surface area (Å²) in [7, 11) is 0. The predicted octanol–water partition coefficient (Wildman–Crippen LogP) is 3.64. The normalized spacial score (nSPS) is 10.9. The average molecular weight is 369 g/mol. The second-order valence-corrected chi connectivity index (χ2v) is 7.24. The number of amides is 2. The smallest absolute Gasteiger partial charge is 0.410 e. The van der Waals surface area contributed by atoms with Crippen molar-refractivity contribution in [3.8, 4) is 0 Å². The molecule has 1 N–H and O–H groups in total. The highest BCUT2D eigenvalue weighted by atomic mass is 16.6. The number of carbonyl (C=O) groups excluding carboxylic acids is 2. The lowest BCUT2D eigenvalue weighted by Crippen LogP contribution is -2.38. The molecule has 1 aromatic heterocycles. The van der Waals surface area contributed by atoms with Crippen LogP contribution in [0.15, 0.2) is 54.9 Å². The molecule has 2 aromatic rings. The Morgan fingerprint density at radius 3 is 2.48 bits per heavy atom. The third-order valence-electron chi connectivity index (χ3n) is 3.67. The zero-order valence-corrected chi connectivity index (χ0v) is 16.1. The lowest BCUT2D eigenvalue weighted by atomic mass is 10.2. The number of hydrogen-bond donors (Lipinski definition) is 1. The molecule has 6 nitrogen and oxygen atoms in total. The van der Waals surface area contributed by atoms with E-state index in [9.17, 15) is 9.59 Å². The number of nitrogens with one attached hydrogen (secondary N) is 1. The van der Waals surface area contributed by atoms with Crippen molar-refractivity contribution in [2.45, 2.75) is 39.3 Å². The molecule has 0 unspecified atom stereocenters. The minimum absolute atomic E-state index is 0.119. The second kappa shape index (κ2) is 9.71. The van der Waals surface area contributed by atoms with Crippen molar-refractivity contribution in [3.63, 3.8) is 0 Å². The van der Waals surface area contributed by atoms with E-state index in [1.165, 1.54) is 0 Å². The Hall–Kier alpha value is -2.89. The van der Waals surface area contributed by atoms with E-state index < -0.39 is 5.60 Å². The average Bonchev–Trinajstić information content (AvgIpc) is 2.64. The van der Waals surface area contributed by atoms with Gasteiger partial charge in [0, 0.05) is 31.0 Å². The Labute approximate surface area is 160 Å². The van der Waals surface area contributed by atoms with Crippen molar-refractivity contribution in [1.29, 1.82) is 0 Å². The van der Waals surface area contributed by atoms with Crippen molar-refractivity contribution < 1.29 is 14.3 Å². The van der Waals surface area contributed by atoms with Crippen molar-refractivity contribution >= 4 is 12.0 Å². The molecule has 1 heterocycles. The van der Waals surface area contributed by atoms with E-state index in [1.54, 1.807) is 29.4 Å². The zero-order valence-electron chi connectivity index (χ0n) is 16.1. The van der Waals surface area contributed by atoms with Crippen molar-refractivity contribution in [3.05, 3.63) is 66.0 Å². The summed E-state index contributed by atoms with van der Waals surface area (Å²) >= 11 is 0. The topological polar surface area (TPSA) is 71.5 Å². The van der Waals surface area contributed by atoms with Crippen LogP contribution in [0.5, 0.6) is 0 Å². The Morgan fingerprint density at radius 1 is 1.11 bits per heavy atom. The van der Waals surface area contributed by atoms with Gasteiger partial charge in [-0.25, -0.2) is 4.79 Å². The summed E-state index contributed by atoms with van der Waals surface area (Å²) in [6, 6.07) is 12.8. The van der Waals surface area contributed by atoms with Gasteiger partial charge < -0.3 is 15.0 Å². The van der Waals surface area contributed by atoms with Crippen LogP contribution in [0.1, 0.15) is 43.1 Å². The maximum atomic E-state index is 12.5. The Morgan fingerprint density at radius 2 is 1.85 bits per heavy atom. The molecule has 0 saturated carbocycles. The van der Waals surface area contributed by atoms with Gasteiger partial charge in [0.25, 0.3) is 5.91 Å². The fraction of sp³-hybridized carbons (Fsp3) is 0.381. The van der Waals surface area contributed by atoms with Gasteiger partial charge in [-0.15, -0.1) is 0 Å². The first-order valence-electron chi connectivity index (χ1n) is 9.05.